The van der Waals surface area contributed by atoms with Gasteiger partial charge >= 0.3 is 0 Å². The zero-order valence-electron chi connectivity index (χ0n) is 13.1. The first-order valence-corrected chi connectivity index (χ1v) is 7.08. The molecule has 0 aliphatic heterocycles. The molecule has 0 heterocycles. The summed E-state index contributed by atoms with van der Waals surface area (Å²) >= 11 is 0. The first-order chi connectivity index (χ1) is 8.75. The molecule has 0 aliphatic carbocycles. The van der Waals surface area contributed by atoms with Crippen molar-refractivity contribution in [3.05, 3.63) is 34.4 Å². The van der Waals surface area contributed by atoms with Gasteiger partial charge < -0.3 is 5.11 Å². The average molecular weight is 258 g/mol. The molecule has 0 saturated carbocycles. The minimum Gasteiger partial charge on any atom is -0.378 e. The van der Waals surface area contributed by atoms with Crippen LogP contribution in [0.5, 0.6) is 0 Å². The molecule has 0 aromatic heterocycles. The van der Waals surface area contributed by atoms with Crippen molar-refractivity contribution in [2.75, 3.05) is 0 Å². The van der Waals surface area contributed by atoms with Crippen LogP contribution in [0, 0.1) is 38.5 Å². The highest BCUT2D eigenvalue weighted by Crippen LogP contribution is 2.19. The van der Waals surface area contributed by atoms with Gasteiger partial charge in [-0.2, -0.15) is 0 Å². The summed E-state index contributed by atoms with van der Waals surface area (Å²) in [5.74, 6) is 6.68. The maximum atomic E-state index is 10.3. The summed E-state index contributed by atoms with van der Waals surface area (Å²) in [6.07, 6.45) is 1.79. The number of hydrogen-bond donors (Lipinski definition) is 1. The molecule has 2 atom stereocenters. The quantitative estimate of drug-likeness (QED) is 0.807. The van der Waals surface area contributed by atoms with Gasteiger partial charge in [0.05, 0.1) is 0 Å². The van der Waals surface area contributed by atoms with Crippen molar-refractivity contribution >= 4 is 0 Å². The van der Waals surface area contributed by atoms with Gasteiger partial charge in [0.25, 0.3) is 0 Å². The summed E-state index contributed by atoms with van der Waals surface area (Å²) in [5.41, 5.74) is 3.83. The van der Waals surface area contributed by atoms with Gasteiger partial charge in [0.2, 0.25) is 0 Å². The highest BCUT2D eigenvalue weighted by Gasteiger charge is 2.19. The average Bonchev–Trinajstić information content (AvgIpc) is 2.31. The van der Waals surface area contributed by atoms with E-state index < -0.39 is 5.60 Å². The Kier molecular flexibility index (Phi) is 5.20. The molecular weight excluding hydrogens is 232 g/mol. The molecule has 2 unspecified atom stereocenters. The second-order valence-corrected chi connectivity index (χ2v) is 5.99. The van der Waals surface area contributed by atoms with Crippen molar-refractivity contribution in [1.82, 2.24) is 0 Å². The molecule has 0 bridgehead atoms. The minimum atomic E-state index is -0.902. The molecule has 0 saturated heterocycles. The molecule has 0 spiro atoms. The molecule has 0 radical (unpaired) electrons. The number of aliphatic hydroxyl groups is 1. The Bertz CT molecular complexity index is 500. The lowest BCUT2D eigenvalue weighted by atomic mass is 9.91. The number of hydrogen-bond acceptors (Lipinski definition) is 1. The molecule has 1 N–H and O–H groups in total. The van der Waals surface area contributed by atoms with Gasteiger partial charge in [-0.3, -0.25) is 0 Å². The third-order valence-corrected chi connectivity index (χ3v) is 3.75. The van der Waals surface area contributed by atoms with Crippen LogP contribution in [0.4, 0.5) is 0 Å². The smallest absolute Gasteiger partial charge is 0.123 e. The molecule has 1 nitrogen and oxygen atoms in total. The summed E-state index contributed by atoms with van der Waals surface area (Å²) in [6, 6.07) is 4.26. The molecule has 104 valence electrons. The molecular formula is C18H26O. The third kappa shape index (κ3) is 4.73. The maximum absolute atomic E-state index is 10.3. The Morgan fingerprint density at radius 3 is 2.32 bits per heavy atom. The van der Waals surface area contributed by atoms with E-state index in [-0.39, 0.29) is 0 Å². The van der Waals surface area contributed by atoms with E-state index in [1.165, 1.54) is 16.7 Å². The lowest BCUT2D eigenvalue weighted by Crippen LogP contribution is -2.24. The van der Waals surface area contributed by atoms with E-state index in [4.69, 9.17) is 0 Å². The zero-order chi connectivity index (χ0) is 14.6. The van der Waals surface area contributed by atoms with Crippen molar-refractivity contribution in [3.63, 3.8) is 0 Å². The van der Waals surface area contributed by atoms with Gasteiger partial charge in [0, 0.05) is 5.56 Å². The number of aryl methyl sites for hydroxylation is 3. The fraction of sp³-hybridized carbons (Fsp3) is 0.556. The molecule has 0 aliphatic rings. The molecule has 1 aromatic carbocycles. The second-order valence-electron chi connectivity index (χ2n) is 5.99. The topological polar surface area (TPSA) is 20.2 Å². The van der Waals surface area contributed by atoms with E-state index >= 15 is 0 Å². The Hall–Kier alpha value is -1.26. The van der Waals surface area contributed by atoms with Crippen LogP contribution in [0.15, 0.2) is 12.1 Å². The second kappa shape index (κ2) is 6.26. The van der Waals surface area contributed by atoms with Crippen molar-refractivity contribution in [2.24, 2.45) is 5.92 Å². The number of rotatable bonds is 3. The highest BCUT2D eigenvalue weighted by atomic mass is 16.3. The minimum absolute atomic E-state index is 0.491. The van der Waals surface area contributed by atoms with E-state index in [0.29, 0.717) is 5.92 Å². The fourth-order valence-corrected chi connectivity index (χ4v) is 2.17. The van der Waals surface area contributed by atoms with Crippen LogP contribution >= 0.6 is 0 Å². The molecule has 0 fully saturated rings. The van der Waals surface area contributed by atoms with Gasteiger partial charge in [-0.15, -0.1) is 0 Å². The summed E-state index contributed by atoms with van der Waals surface area (Å²) in [5, 5.41) is 10.3. The lowest BCUT2D eigenvalue weighted by Gasteiger charge is -2.20. The molecule has 1 heteroatoms. The van der Waals surface area contributed by atoms with E-state index in [0.717, 1.165) is 18.4 Å². The van der Waals surface area contributed by atoms with Gasteiger partial charge in [-0.25, -0.2) is 0 Å². The van der Waals surface area contributed by atoms with Gasteiger partial charge in [0.1, 0.15) is 5.60 Å². The predicted molar refractivity (Wildman–Crippen MR) is 82.2 cm³/mol. The van der Waals surface area contributed by atoms with Gasteiger partial charge in [-0.05, 0) is 62.8 Å². The third-order valence-electron chi connectivity index (χ3n) is 3.75. The normalized spacial score (nSPS) is 15.3. The maximum Gasteiger partial charge on any atom is 0.123 e. The van der Waals surface area contributed by atoms with Crippen molar-refractivity contribution in [2.45, 2.75) is 60.0 Å². The van der Waals surface area contributed by atoms with Crippen molar-refractivity contribution in [3.8, 4) is 11.8 Å². The zero-order valence-corrected chi connectivity index (χ0v) is 13.1. The fourth-order valence-electron chi connectivity index (χ4n) is 2.17. The summed E-state index contributed by atoms with van der Waals surface area (Å²) < 4.78 is 0. The Morgan fingerprint density at radius 2 is 1.74 bits per heavy atom. The van der Waals surface area contributed by atoms with E-state index in [9.17, 15) is 5.11 Å². The van der Waals surface area contributed by atoms with E-state index in [1.54, 1.807) is 0 Å². The Labute approximate surface area is 118 Å². The monoisotopic (exact) mass is 258 g/mol. The Balaban J connectivity index is 2.97. The summed E-state index contributed by atoms with van der Waals surface area (Å²) in [4.78, 5) is 0. The Morgan fingerprint density at radius 1 is 1.16 bits per heavy atom. The standard InChI is InChI=1S/C18H26O/c1-7-13(2)12-18(6,19)9-8-17-11-15(4)14(3)10-16(17)5/h10-11,13,19H,7,12H2,1-6H3. The first kappa shape index (κ1) is 15.8. The summed E-state index contributed by atoms with van der Waals surface area (Å²) in [7, 11) is 0. The van der Waals surface area contributed by atoms with Crippen molar-refractivity contribution < 1.29 is 5.11 Å². The lowest BCUT2D eigenvalue weighted by molar-refractivity contribution is 0.0939. The summed E-state index contributed by atoms with van der Waals surface area (Å²) in [6.45, 7) is 12.4. The largest absolute Gasteiger partial charge is 0.378 e. The van der Waals surface area contributed by atoms with Crippen molar-refractivity contribution in [1.29, 1.82) is 0 Å². The van der Waals surface area contributed by atoms with Crippen LogP contribution < -0.4 is 0 Å². The van der Waals surface area contributed by atoms with Gasteiger partial charge in [0.15, 0.2) is 0 Å². The first-order valence-electron chi connectivity index (χ1n) is 7.08. The molecule has 0 amide bonds. The SMILES string of the molecule is CCC(C)CC(C)(O)C#Cc1cc(C)c(C)cc1C. The number of benzene rings is 1. The van der Waals surface area contributed by atoms with Crippen LogP contribution in [0.2, 0.25) is 0 Å². The van der Waals surface area contributed by atoms with Crippen LogP contribution in [-0.2, 0) is 0 Å². The van der Waals surface area contributed by atoms with E-state index in [1.807, 2.05) is 6.92 Å². The van der Waals surface area contributed by atoms with E-state index in [2.05, 4.69) is 58.6 Å². The molecule has 1 rings (SSSR count). The van der Waals surface area contributed by atoms with Gasteiger partial charge in [-0.1, -0.05) is 38.2 Å². The van der Waals surface area contributed by atoms with Crippen LogP contribution in [-0.4, -0.2) is 10.7 Å². The predicted octanol–water partition coefficient (Wildman–Crippen LogP) is 4.15. The van der Waals surface area contributed by atoms with Crippen LogP contribution in [0.1, 0.15) is 55.9 Å². The molecule has 1 aromatic rings. The van der Waals surface area contributed by atoms with Crippen LogP contribution in [0.3, 0.4) is 0 Å². The molecule has 19 heavy (non-hydrogen) atoms. The van der Waals surface area contributed by atoms with Crippen LogP contribution in [0.25, 0.3) is 0 Å². The highest BCUT2D eigenvalue weighted by molar-refractivity contribution is 5.46.